The minimum Gasteiger partial charge on any atom is -0.381 e. The summed E-state index contributed by atoms with van der Waals surface area (Å²) in [6.45, 7) is 2.15. The van der Waals surface area contributed by atoms with Crippen molar-refractivity contribution >= 4 is 11.7 Å². The first kappa shape index (κ1) is 15.1. The molecule has 2 N–H and O–H groups in total. The topological polar surface area (TPSA) is 76.1 Å². The fraction of sp³-hybridized carbons (Fsp3) is 0.389. The maximum Gasteiger partial charge on any atom is 0.270 e. The molecule has 124 valence electrons. The van der Waals surface area contributed by atoms with Gasteiger partial charge < -0.3 is 15.4 Å². The maximum absolute atomic E-state index is 12.3. The minimum absolute atomic E-state index is 0.120. The number of hydrogen-bond donors (Lipinski definition) is 2. The number of carbonyl (C=O) groups is 1. The second-order valence-corrected chi connectivity index (χ2v) is 6.13. The number of amides is 1. The molecule has 0 atom stereocenters. The van der Waals surface area contributed by atoms with Gasteiger partial charge in [0, 0.05) is 36.9 Å². The molecule has 3 heterocycles. The molecule has 0 aliphatic carbocycles. The molecule has 4 rings (SSSR count). The number of hydrogen-bond acceptors (Lipinski definition) is 5. The highest BCUT2D eigenvalue weighted by atomic mass is 16.5. The lowest BCUT2D eigenvalue weighted by Crippen LogP contribution is -2.35. The van der Waals surface area contributed by atoms with E-state index >= 15 is 0 Å². The molecule has 1 amide bonds. The Morgan fingerprint density at radius 3 is 2.71 bits per heavy atom. The average Bonchev–Trinajstić information content (AvgIpc) is 2.64. The molecule has 2 aliphatic rings. The van der Waals surface area contributed by atoms with Crippen LogP contribution < -0.4 is 10.6 Å². The van der Waals surface area contributed by atoms with Gasteiger partial charge in [0.15, 0.2) is 5.82 Å². The lowest BCUT2D eigenvalue weighted by molar-refractivity contribution is 0.0902. The van der Waals surface area contributed by atoms with Gasteiger partial charge in [0.2, 0.25) is 0 Å². The molecule has 2 aliphatic heterocycles. The summed E-state index contributed by atoms with van der Waals surface area (Å²) in [5.41, 5.74) is 2.32. The number of aromatic nitrogens is 2. The van der Waals surface area contributed by atoms with E-state index in [2.05, 4.69) is 15.6 Å². The van der Waals surface area contributed by atoms with E-state index in [-0.39, 0.29) is 5.91 Å². The Morgan fingerprint density at radius 2 is 1.92 bits per heavy atom. The van der Waals surface area contributed by atoms with E-state index < -0.39 is 0 Å². The fourth-order valence-electron chi connectivity index (χ4n) is 3.16. The maximum atomic E-state index is 12.3. The Balaban J connectivity index is 1.75. The number of carbonyl (C=O) groups excluding carboxylic acids is 1. The van der Waals surface area contributed by atoms with Gasteiger partial charge in [0.25, 0.3) is 5.91 Å². The zero-order valence-electron chi connectivity index (χ0n) is 13.4. The van der Waals surface area contributed by atoms with Gasteiger partial charge in [-0.05, 0) is 19.3 Å². The van der Waals surface area contributed by atoms with Crippen LogP contribution in [0.5, 0.6) is 0 Å². The Labute approximate surface area is 140 Å². The summed E-state index contributed by atoms with van der Waals surface area (Å²) >= 11 is 0. The molecule has 0 bridgehead atoms. The smallest absolute Gasteiger partial charge is 0.270 e. The molecule has 1 fully saturated rings. The van der Waals surface area contributed by atoms with Crippen molar-refractivity contribution in [2.24, 2.45) is 0 Å². The van der Waals surface area contributed by atoms with E-state index in [1.807, 2.05) is 30.3 Å². The quantitative estimate of drug-likeness (QED) is 0.903. The Bertz CT molecular complexity index is 742. The lowest BCUT2D eigenvalue weighted by Gasteiger charge is -2.26. The van der Waals surface area contributed by atoms with Crippen LogP contribution in [-0.4, -0.2) is 41.7 Å². The van der Waals surface area contributed by atoms with E-state index in [1.165, 1.54) is 0 Å². The molecule has 0 spiro atoms. The molecule has 1 aromatic heterocycles. The van der Waals surface area contributed by atoms with Crippen molar-refractivity contribution in [1.82, 2.24) is 15.3 Å². The monoisotopic (exact) mass is 324 g/mol. The highest BCUT2D eigenvalue weighted by molar-refractivity contribution is 5.96. The van der Waals surface area contributed by atoms with Crippen molar-refractivity contribution in [3.8, 4) is 11.4 Å². The van der Waals surface area contributed by atoms with E-state index in [1.54, 1.807) is 0 Å². The molecule has 6 heteroatoms. The highest BCUT2D eigenvalue weighted by Crippen LogP contribution is 2.26. The fourth-order valence-corrected chi connectivity index (χ4v) is 3.16. The van der Waals surface area contributed by atoms with Crippen molar-refractivity contribution in [2.75, 3.05) is 25.1 Å². The third-order valence-electron chi connectivity index (χ3n) is 4.48. The Kier molecular flexibility index (Phi) is 4.13. The summed E-state index contributed by atoms with van der Waals surface area (Å²) in [4.78, 5) is 21.5. The third-order valence-corrected chi connectivity index (χ3v) is 4.48. The van der Waals surface area contributed by atoms with Crippen LogP contribution in [0.3, 0.4) is 0 Å². The number of benzene rings is 1. The van der Waals surface area contributed by atoms with Crippen molar-refractivity contribution < 1.29 is 9.53 Å². The Hall–Kier alpha value is -2.47. The lowest BCUT2D eigenvalue weighted by atomic mass is 10.0. The summed E-state index contributed by atoms with van der Waals surface area (Å²) in [6, 6.07) is 10.1. The third kappa shape index (κ3) is 2.97. The second kappa shape index (κ2) is 6.57. The van der Waals surface area contributed by atoms with Gasteiger partial charge in [-0.15, -0.1) is 0 Å². The number of fused-ring (bicyclic) bond motifs is 1. The number of anilines is 1. The summed E-state index contributed by atoms with van der Waals surface area (Å²) in [7, 11) is 0. The van der Waals surface area contributed by atoms with Gasteiger partial charge in [-0.1, -0.05) is 30.3 Å². The average molecular weight is 324 g/mol. The summed E-state index contributed by atoms with van der Waals surface area (Å²) in [6.07, 6.45) is 2.65. The molecule has 2 aromatic rings. The molecule has 6 nitrogen and oxygen atoms in total. The van der Waals surface area contributed by atoms with Crippen LogP contribution in [0.1, 0.15) is 28.9 Å². The van der Waals surface area contributed by atoms with Gasteiger partial charge in [-0.2, -0.15) is 0 Å². The standard InChI is InChI=1S/C18H20N4O2/c23-18-15-14(6-9-19-18)17(20-13-7-10-24-11-8-13)22-16(21-15)12-4-2-1-3-5-12/h1-5,13H,6-11H2,(H,19,23)(H,20,21,22). The highest BCUT2D eigenvalue weighted by Gasteiger charge is 2.25. The second-order valence-electron chi connectivity index (χ2n) is 6.13. The van der Waals surface area contributed by atoms with Gasteiger partial charge in [0.1, 0.15) is 11.5 Å². The van der Waals surface area contributed by atoms with Crippen LogP contribution in [0, 0.1) is 0 Å². The van der Waals surface area contributed by atoms with Crippen molar-refractivity contribution in [2.45, 2.75) is 25.3 Å². The normalized spacial score (nSPS) is 17.9. The Morgan fingerprint density at radius 1 is 1.12 bits per heavy atom. The molecule has 0 saturated carbocycles. The number of nitrogens with one attached hydrogen (secondary N) is 2. The first-order valence-electron chi connectivity index (χ1n) is 8.40. The predicted octanol–water partition coefficient (Wildman–Crippen LogP) is 2.02. The molecular weight excluding hydrogens is 304 g/mol. The van der Waals surface area contributed by atoms with Crippen LogP contribution in [0.15, 0.2) is 30.3 Å². The van der Waals surface area contributed by atoms with E-state index in [4.69, 9.17) is 9.72 Å². The zero-order valence-corrected chi connectivity index (χ0v) is 13.4. The first-order valence-corrected chi connectivity index (χ1v) is 8.40. The number of nitrogens with zero attached hydrogens (tertiary/aromatic N) is 2. The van der Waals surface area contributed by atoms with Crippen molar-refractivity contribution in [3.63, 3.8) is 0 Å². The van der Waals surface area contributed by atoms with Crippen LogP contribution in [0.2, 0.25) is 0 Å². The van der Waals surface area contributed by atoms with Crippen LogP contribution in [0.25, 0.3) is 11.4 Å². The van der Waals surface area contributed by atoms with Gasteiger partial charge in [0.05, 0.1) is 0 Å². The predicted molar refractivity (Wildman–Crippen MR) is 91.0 cm³/mol. The van der Waals surface area contributed by atoms with Crippen LogP contribution in [-0.2, 0) is 11.2 Å². The molecule has 1 saturated heterocycles. The molecule has 1 aromatic carbocycles. The molecule has 0 radical (unpaired) electrons. The first-order chi connectivity index (χ1) is 11.8. The van der Waals surface area contributed by atoms with Crippen LogP contribution in [0.4, 0.5) is 5.82 Å². The number of ether oxygens (including phenoxy) is 1. The van der Waals surface area contributed by atoms with Crippen molar-refractivity contribution in [1.29, 1.82) is 0 Å². The van der Waals surface area contributed by atoms with Gasteiger partial charge in [-0.3, -0.25) is 4.79 Å². The SMILES string of the molecule is O=C1NCCc2c(NC3CCOCC3)nc(-c3ccccc3)nc21. The molecule has 0 unspecified atom stereocenters. The van der Waals surface area contributed by atoms with E-state index in [0.29, 0.717) is 24.1 Å². The zero-order chi connectivity index (χ0) is 16.4. The van der Waals surface area contributed by atoms with Crippen LogP contribution >= 0.6 is 0 Å². The molecule has 24 heavy (non-hydrogen) atoms. The van der Waals surface area contributed by atoms with Crippen molar-refractivity contribution in [3.05, 3.63) is 41.6 Å². The summed E-state index contributed by atoms with van der Waals surface area (Å²) in [5, 5.41) is 6.40. The minimum atomic E-state index is -0.120. The van der Waals surface area contributed by atoms with Gasteiger partial charge >= 0.3 is 0 Å². The molecular formula is C18H20N4O2. The van der Waals surface area contributed by atoms with E-state index in [0.717, 1.165) is 49.4 Å². The van der Waals surface area contributed by atoms with E-state index in [9.17, 15) is 4.79 Å². The largest absolute Gasteiger partial charge is 0.381 e. The summed E-state index contributed by atoms with van der Waals surface area (Å²) in [5.74, 6) is 1.26. The number of rotatable bonds is 3. The van der Waals surface area contributed by atoms with Gasteiger partial charge in [-0.25, -0.2) is 9.97 Å². The summed E-state index contributed by atoms with van der Waals surface area (Å²) < 4.78 is 5.42.